The number of thioether (sulfide) groups is 1. The first-order chi connectivity index (χ1) is 9.70. The number of hydrogen-bond donors (Lipinski definition) is 1. The van der Waals surface area contributed by atoms with Crippen LogP contribution in [-0.4, -0.2) is 29.0 Å². The molecule has 0 radical (unpaired) electrons. The van der Waals surface area contributed by atoms with Crippen molar-refractivity contribution in [1.82, 2.24) is 10.3 Å². The van der Waals surface area contributed by atoms with Gasteiger partial charge in [-0.1, -0.05) is 18.7 Å². The number of carbonyl (C=O) groups is 2. The molecule has 4 nitrogen and oxygen atoms in total. The second-order valence-electron chi connectivity index (χ2n) is 5.33. The van der Waals surface area contributed by atoms with Gasteiger partial charge in [-0.2, -0.15) is 0 Å². The number of fused-ring (bicyclic) bond motifs is 1. The smallest absolute Gasteiger partial charge is 0.263 e. The van der Waals surface area contributed by atoms with E-state index in [0.29, 0.717) is 35.0 Å². The molecule has 1 heterocycles. The van der Waals surface area contributed by atoms with Gasteiger partial charge in [-0.15, -0.1) is 11.3 Å². The maximum absolute atomic E-state index is 12.0. The highest BCUT2D eigenvalue weighted by atomic mass is 32.2. The van der Waals surface area contributed by atoms with Crippen molar-refractivity contribution in [2.45, 2.75) is 30.5 Å². The Morgan fingerprint density at radius 1 is 1.60 bits per heavy atom. The van der Waals surface area contributed by atoms with Gasteiger partial charge in [0.2, 0.25) is 0 Å². The second-order valence-corrected chi connectivity index (χ2v) is 7.87. The molecule has 2 fully saturated rings. The van der Waals surface area contributed by atoms with E-state index in [-0.39, 0.29) is 5.91 Å². The van der Waals surface area contributed by atoms with Crippen LogP contribution in [0.2, 0.25) is 0 Å². The van der Waals surface area contributed by atoms with E-state index in [0.717, 1.165) is 29.4 Å². The Kier molecular flexibility index (Phi) is 4.12. The number of nitrogens with one attached hydrogen (secondary N) is 1. The Labute approximate surface area is 126 Å². The van der Waals surface area contributed by atoms with Gasteiger partial charge in [-0.05, 0) is 30.4 Å². The highest BCUT2D eigenvalue weighted by Gasteiger charge is 2.56. The van der Waals surface area contributed by atoms with E-state index in [9.17, 15) is 9.59 Å². The van der Waals surface area contributed by atoms with Gasteiger partial charge in [0, 0.05) is 18.9 Å². The molecule has 2 saturated carbocycles. The third kappa shape index (κ3) is 2.76. The molecule has 0 spiro atoms. The minimum atomic E-state index is -0.0393. The molecule has 1 amide bonds. The molecule has 2 aliphatic carbocycles. The van der Waals surface area contributed by atoms with E-state index < -0.39 is 0 Å². The number of Topliss-reactive ketones (excluding diaryl/α,β-unsaturated/α-hetero) is 1. The number of carbonyl (C=O) groups excluding carboxylic acids is 2. The minimum Gasteiger partial charge on any atom is -0.351 e. The number of rotatable bonds is 6. The van der Waals surface area contributed by atoms with Crippen molar-refractivity contribution in [2.24, 2.45) is 17.8 Å². The summed E-state index contributed by atoms with van der Waals surface area (Å²) in [7, 11) is 0. The molecule has 20 heavy (non-hydrogen) atoms. The molecular formula is C14H18N2O2S2. The molecule has 3 atom stereocenters. The van der Waals surface area contributed by atoms with Crippen LogP contribution in [-0.2, 0) is 4.79 Å². The first-order valence-corrected chi connectivity index (χ1v) is 8.90. The topological polar surface area (TPSA) is 59.1 Å². The monoisotopic (exact) mass is 310 g/mol. The van der Waals surface area contributed by atoms with E-state index in [1.165, 1.54) is 11.3 Å². The Hall–Kier alpha value is -0.880. The average Bonchev–Trinajstić information content (AvgIpc) is 2.75. The third-order valence-electron chi connectivity index (χ3n) is 4.17. The fourth-order valence-corrected chi connectivity index (χ4v) is 4.97. The Balaban J connectivity index is 1.42. The second kappa shape index (κ2) is 5.85. The fourth-order valence-electron chi connectivity index (χ4n) is 3.18. The lowest BCUT2D eigenvalue weighted by molar-refractivity contribution is -0.119. The minimum absolute atomic E-state index is 0.0393. The summed E-state index contributed by atoms with van der Waals surface area (Å²) in [5, 5.41) is 2.94. The van der Waals surface area contributed by atoms with Crippen LogP contribution in [0.5, 0.6) is 0 Å². The van der Waals surface area contributed by atoms with Crippen molar-refractivity contribution in [1.29, 1.82) is 0 Å². The molecule has 108 valence electrons. The first-order valence-electron chi connectivity index (χ1n) is 7.10. The lowest BCUT2D eigenvalue weighted by Crippen LogP contribution is -2.24. The summed E-state index contributed by atoms with van der Waals surface area (Å²) >= 11 is 3.10. The van der Waals surface area contributed by atoms with Gasteiger partial charge >= 0.3 is 0 Å². The van der Waals surface area contributed by atoms with E-state index >= 15 is 0 Å². The van der Waals surface area contributed by atoms with Crippen molar-refractivity contribution >= 4 is 34.8 Å². The largest absolute Gasteiger partial charge is 0.351 e. The highest BCUT2D eigenvalue weighted by molar-refractivity contribution is 8.01. The van der Waals surface area contributed by atoms with E-state index in [1.807, 2.05) is 0 Å². The zero-order valence-electron chi connectivity index (χ0n) is 11.4. The normalized spacial score (nSPS) is 27.4. The lowest BCUT2D eigenvalue weighted by atomic mass is 10.1. The molecule has 0 aliphatic heterocycles. The molecule has 3 unspecified atom stereocenters. The summed E-state index contributed by atoms with van der Waals surface area (Å²) in [6.07, 6.45) is 4.42. The van der Waals surface area contributed by atoms with Gasteiger partial charge < -0.3 is 5.32 Å². The zero-order valence-corrected chi connectivity index (χ0v) is 13.1. The van der Waals surface area contributed by atoms with Crippen LogP contribution in [0, 0.1) is 17.8 Å². The zero-order chi connectivity index (χ0) is 14.1. The standard InChI is InChI=1S/C14H18N2O2S2/c1-2-19-14-16-7-11(20-14)13(18)15-6-5-9-8-3-4-10(17)12(8)9/h7-9,12H,2-6H2,1H3,(H,15,18). The van der Waals surface area contributed by atoms with Crippen molar-refractivity contribution in [3.63, 3.8) is 0 Å². The maximum atomic E-state index is 12.0. The summed E-state index contributed by atoms with van der Waals surface area (Å²) in [4.78, 5) is 28.4. The van der Waals surface area contributed by atoms with Gasteiger partial charge in [-0.25, -0.2) is 4.98 Å². The fraction of sp³-hybridized carbons (Fsp3) is 0.643. The maximum Gasteiger partial charge on any atom is 0.263 e. The number of ketones is 1. The highest BCUT2D eigenvalue weighted by Crippen LogP contribution is 2.56. The number of nitrogens with zero attached hydrogens (tertiary/aromatic N) is 1. The van der Waals surface area contributed by atoms with E-state index in [4.69, 9.17) is 0 Å². The summed E-state index contributed by atoms with van der Waals surface area (Å²) < 4.78 is 0.944. The number of hydrogen-bond acceptors (Lipinski definition) is 5. The average molecular weight is 310 g/mol. The van der Waals surface area contributed by atoms with Crippen molar-refractivity contribution in [3.8, 4) is 0 Å². The molecule has 3 rings (SSSR count). The Morgan fingerprint density at radius 3 is 3.15 bits per heavy atom. The molecular weight excluding hydrogens is 292 g/mol. The number of amides is 1. The molecule has 1 aromatic heterocycles. The molecule has 2 aliphatic rings. The SMILES string of the molecule is CCSc1ncc(C(=O)NCCC2C3CCC(=O)C23)s1. The van der Waals surface area contributed by atoms with Crippen molar-refractivity contribution in [2.75, 3.05) is 12.3 Å². The lowest BCUT2D eigenvalue weighted by Gasteiger charge is -2.04. The number of thiazole rings is 1. The third-order valence-corrected chi connectivity index (χ3v) is 6.20. The van der Waals surface area contributed by atoms with Crippen LogP contribution in [0.1, 0.15) is 35.9 Å². The molecule has 0 saturated heterocycles. The molecule has 0 aromatic carbocycles. The Morgan fingerprint density at radius 2 is 2.45 bits per heavy atom. The quantitative estimate of drug-likeness (QED) is 0.821. The van der Waals surface area contributed by atoms with Crippen LogP contribution >= 0.6 is 23.1 Å². The van der Waals surface area contributed by atoms with Gasteiger partial charge in [-0.3, -0.25) is 9.59 Å². The van der Waals surface area contributed by atoms with Crippen molar-refractivity contribution in [3.05, 3.63) is 11.1 Å². The first kappa shape index (κ1) is 14.1. The summed E-state index contributed by atoms with van der Waals surface area (Å²) in [5.41, 5.74) is 0. The van der Waals surface area contributed by atoms with Gasteiger partial charge in [0.25, 0.3) is 5.91 Å². The summed E-state index contributed by atoms with van der Waals surface area (Å²) in [6, 6.07) is 0. The summed E-state index contributed by atoms with van der Waals surface area (Å²) in [6.45, 7) is 2.73. The van der Waals surface area contributed by atoms with Crippen LogP contribution in [0.25, 0.3) is 0 Å². The summed E-state index contributed by atoms with van der Waals surface area (Å²) in [5.74, 6) is 2.84. The molecule has 1 aromatic rings. The Bertz CT molecular complexity index is 529. The molecule has 0 bridgehead atoms. The van der Waals surface area contributed by atoms with Crippen LogP contribution in [0.4, 0.5) is 0 Å². The van der Waals surface area contributed by atoms with E-state index in [1.54, 1.807) is 18.0 Å². The predicted octanol–water partition coefficient (Wildman–Crippen LogP) is 2.60. The molecule has 1 N–H and O–H groups in total. The van der Waals surface area contributed by atoms with Crippen LogP contribution in [0.3, 0.4) is 0 Å². The van der Waals surface area contributed by atoms with E-state index in [2.05, 4.69) is 17.2 Å². The number of aromatic nitrogens is 1. The van der Waals surface area contributed by atoms with Crippen molar-refractivity contribution < 1.29 is 9.59 Å². The molecule has 6 heteroatoms. The van der Waals surface area contributed by atoms with Gasteiger partial charge in [0.15, 0.2) is 4.34 Å². The van der Waals surface area contributed by atoms with Crippen LogP contribution < -0.4 is 5.32 Å². The van der Waals surface area contributed by atoms with Gasteiger partial charge in [0.1, 0.15) is 10.7 Å². The predicted molar refractivity (Wildman–Crippen MR) is 80.2 cm³/mol. The van der Waals surface area contributed by atoms with Crippen LogP contribution in [0.15, 0.2) is 10.5 Å². The van der Waals surface area contributed by atoms with Gasteiger partial charge in [0.05, 0.1) is 6.20 Å².